The Morgan fingerprint density at radius 3 is 2.71 bits per heavy atom. The van der Waals surface area contributed by atoms with Crippen LogP contribution < -0.4 is 5.56 Å². The Balaban J connectivity index is 1.39. The Morgan fingerprint density at radius 1 is 1.16 bits per heavy atom. The molecule has 3 aromatic heterocycles. The van der Waals surface area contributed by atoms with E-state index in [1.54, 1.807) is 28.4 Å². The molecule has 1 amide bonds. The number of carbonyl (C=O) groups excluding carboxylic acids is 1. The molecule has 1 aliphatic heterocycles. The van der Waals surface area contributed by atoms with Crippen molar-refractivity contribution in [3.05, 3.63) is 69.3 Å². The molecular formula is C24H24N4O2S. The average molecular weight is 433 g/mol. The van der Waals surface area contributed by atoms with Crippen LogP contribution in [-0.2, 0) is 6.42 Å². The minimum absolute atomic E-state index is 0.0436. The van der Waals surface area contributed by atoms with E-state index in [0.717, 1.165) is 45.8 Å². The number of pyridine rings is 1. The number of hydrogen-bond acceptors (Lipinski definition) is 5. The molecule has 0 spiro atoms. The quantitative estimate of drug-likeness (QED) is 0.483. The molecule has 1 fully saturated rings. The number of amides is 1. The number of rotatable bonds is 3. The van der Waals surface area contributed by atoms with Crippen molar-refractivity contribution in [2.24, 2.45) is 0 Å². The smallest absolute Gasteiger partial charge is 0.273 e. The zero-order valence-corrected chi connectivity index (χ0v) is 18.5. The van der Waals surface area contributed by atoms with Crippen LogP contribution in [0.3, 0.4) is 0 Å². The molecule has 1 saturated heterocycles. The molecule has 0 atom stereocenters. The van der Waals surface area contributed by atoms with Crippen LogP contribution in [0.15, 0.2) is 47.7 Å². The van der Waals surface area contributed by atoms with E-state index < -0.39 is 0 Å². The maximum Gasteiger partial charge on any atom is 0.273 e. The number of benzene rings is 1. The summed E-state index contributed by atoms with van der Waals surface area (Å²) in [6.45, 7) is 5.33. The van der Waals surface area contributed by atoms with Crippen LogP contribution >= 0.6 is 11.3 Å². The largest absolute Gasteiger partial charge is 0.337 e. The van der Waals surface area contributed by atoms with Gasteiger partial charge in [-0.1, -0.05) is 31.2 Å². The van der Waals surface area contributed by atoms with E-state index in [2.05, 4.69) is 23.8 Å². The Labute approximate surface area is 184 Å². The summed E-state index contributed by atoms with van der Waals surface area (Å²) in [7, 11) is 0. The van der Waals surface area contributed by atoms with Crippen molar-refractivity contribution in [3.8, 4) is 0 Å². The van der Waals surface area contributed by atoms with Crippen LogP contribution in [0.4, 0.5) is 0 Å². The molecule has 1 aromatic carbocycles. The standard InChI is InChI=1S/C24H24N4O2S/c1-3-18-15(2)31-22-20(18)23(29)28(14-26-22)17-9-12-27(13-10-17)24(30)21-19-7-5-4-6-16(19)8-11-25-21/h4-8,11,14,17H,3,9-10,12-13H2,1-2H3. The third-order valence-electron chi connectivity index (χ3n) is 6.31. The van der Waals surface area contributed by atoms with Crippen molar-refractivity contribution >= 4 is 38.2 Å². The van der Waals surface area contributed by atoms with E-state index in [0.29, 0.717) is 18.8 Å². The highest BCUT2D eigenvalue weighted by molar-refractivity contribution is 7.18. The summed E-state index contributed by atoms with van der Waals surface area (Å²) in [6.07, 6.45) is 5.67. The van der Waals surface area contributed by atoms with E-state index in [1.165, 1.54) is 4.88 Å². The first kappa shape index (κ1) is 19.9. The first-order valence-corrected chi connectivity index (χ1v) is 11.5. The van der Waals surface area contributed by atoms with Gasteiger partial charge >= 0.3 is 0 Å². The van der Waals surface area contributed by atoms with Gasteiger partial charge in [0.2, 0.25) is 0 Å². The number of nitrogens with zero attached hydrogens (tertiary/aromatic N) is 4. The van der Waals surface area contributed by atoms with Gasteiger partial charge in [-0.2, -0.15) is 0 Å². The van der Waals surface area contributed by atoms with Crippen LogP contribution in [-0.4, -0.2) is 38.4 Å². The first-order chi connectivity index (χ1) is 15.1. The van der Waals surface area contributed by atoms with Crippen LogP contribution in [0.25, 0.3) is 21.0 Å². The summed E-state index contributed by atoms with van der Waals surface area (Å²) < 4.78 is 1.78. The van der Waals surface area contributed by atoms with Crippen molar-refractivity contribution in [1.29, 1.82) is 0 Å². The molecule has 158 valence electrons. The fourth-order valence-electron chi connectivity index (χ4n) is 4.64. The van der Waals surface area contributed by atoms with Gasteiger partial charge in [0.25, 0.3) is 11.5 Å². The van der Waals surface area contributed by atoms with Crippen LogP contribution in [0.5, 0.6) is 0 Å². The predicted octanol–water partition coefficient (Wildman–Crippen LogP) is 4.35. The van der Waals surface area contributed by atoms with Gasteiger partial charge in [-0.3, -0.25) is 19.1 Å². The van der Waals surface area contributed by atoms with Gasteiger partial charge in [0.1, 0.15) is 10.5 Å². The van der Waals surface area contributed by atoms with Gasteiger partial charge in [-0.15, -0.1) is 11.3 Å². The molecule has 6 nitrogen and oxygen atoms in total. The number of carbonyl (C=O) groups is 1. The molecule has 1 aliphatic rings. The van der Waals surface area contributed by atoms with Gasteiger partial charge in [-0.05, 0) is 43.2 Å². The summed E-state index contributed by atoms with van der Waals surface area (Å²) in [5, 5.41) is 2.66. The topological polar surface area (TPSA) is 68.1 Å². The minimum Gasteiger partial charge on any atom is -0.337 e. The molecule has 0 saturated carbocycles. The van der Waals surface area contributed by atoms with Crippen LogP contribution in [0.2, 0.25) is 0 Å². The summed E-state index contributed by atoms with van der Waals surface area (Å²) in [6, 6.07) is 9.80. The lowest BCUT2D eigenvalue weighted by Crippen LogP contribution is -2.41. The highest BCUT2D eigenvalue weighted by Gasteiger charge is 2.27. The molecule has 31 heavy (non-hydrogen) atoms. The third-order valence-corrected chi connectivity index (χ3v) is 7.37. The fraction of sp³-hybridized carbons (Fsp3) is 0.333. The Hall–Kier alpha value is -3.06. The number of hydrogen-bond donors (Lipinski definition) is 0. The molecule has 0 bridgehead atoms. The lowest BCUT2D eigenvalue weighted by Gasteiger charge is -2.32. The van der Waals surface area contributed by atoms with Gasteiger partial charge in [0, 0.05) is 35.6 Å². The lowest BCUT2D eigenvalue weighted by atomic mass is 10.0. The van der Waals surface area contributed by atoms with E-state index in [1.807, 2.05) is 35.2 Å². The average Bonchev–Trinajstić information content (AvgIpc) is 3.14. The van der Waals surface area contributed by atoms with Gasteiger partial charge < -0.3 is 4.90 Å². The van der Waals surface area contributed by atoms with Crippen molar-refractivity contribution < 1.29 is 4.79 Å². The third kappa shape index (κ3) is 3.33. The van der Waals surface area contributed by atoms with E-state index in [4.69, 9.17) is 0 Å². The summed E-state index contributed by atoms with van der Waals surface area (Å²) in [5.74, 6) is -0.0436. The normalized spacial score (nSPS) is 15.1. The summed E-state index contributed by atoms with van der Waals surface area (Å²) in [4.78, 5) is 39.2. The number of fused-ring (bicyclic) bond motifs is 2. The SMILES string of the molecule is CCc1c(C)sc2ncn(C3CCN(C(=O)c4nccc5ccccc45)CC3)c(=O)c12. The van der Waals surface area contributed by atoms with E-state index >= 15 is 0 Å². The van der Waals surface area contributed by atoms with Gasteiger partial charge in [0.15, 0.2) is 0 Å². The van der Waals surface area contributed by atoms with Crippen LogP contribution in [0.1, 0.15) is 46.7 Å². The number of aryl methyl sites for hydroxylation is 2. The van der Waals surface area contributed by atoms with Crippen molar-refractivity contribution in [2.75, 3.05) is 13.1 Å². The maximum atomic E-state index is 13.2. The van der Waals surface area contributed by atoms with Crippen molar-refractivity contribution in [1.82, 2.24) is 19.4 Å². The zero-order valence-electron chi connectivity index (χ0n) is 17.7. The predicted molar refractivity (Wildman–Crippen MR) is 124 cm³/mol. The Kier molecular flexibility index (Phi) is 5.06. The van der Waals surface area contributed by atoms with Crippen LogP contribution in [0, 0.1) is 6.92 Å². The molecule has 5 rings (SSSR count). The number of piperidine rings is 1. The zero-order chi connectivity index (χ0) is 21.5. The highest BCUT2D eigenvalue weighted by atomic mass is 32.1. The lowest BCUT2D eigenvalue weighted by molar-refractivity contribution is 0.0689. The highest BCUT2D eigenvalue weighted by Crippen LogP contribution is 2.29. The molecule has 4 aromatic rings. The summed E-state index contributed by atoms with van der Waals surface area (Å²) in [5.41, 5.74) is 1.66. The van der Waals surface area contributed by atoms with E-state index in [-0.39, 0.29) is 17.5 Å². The summed E-state index contributed by atoms with van der Waals surface area (Å²) >= 11 is 1.59. The molecule has 0 N–H and O–H groups in total. The molecular weight excluding hydrogens is 408 g/mol. The second kappa shape index (κ2) is 7.89. The van der Waals surface area contributed by atoms with Crippen molar-refractivity contribution in [2.45, 2.75) is 39.2 Å². The Morgan fingerprint density at radius 2 is 1.94 bits per heavy atom. The molecule has 7 heteroatoms. The second-order valence-corrected chi connectivity index (χ2v) is 9.23. The molecule has 0 radical (unpaired) electrons. The number of thiophene rings is 1. The first-order valence-electron chi connectivity index (χ1n) is 10.7. The molecule has 0 aliphatic carbocycles. The monoisotopic (exact) mass is 432 g/mol. The molecule has 0 unspecified atom stereocenters. The fourth-order valence-corrected chi connectivity index (χ4v) is 5.72. The second-order valence-electron chi connectivity index (χ2n) is 8.03. The maximum absolute atomic E-state index is 13.2. The van der Waals surface area contributed by atoms with Gasteiger partial charge in [-0.25, -0.2) is 4.98 Å². The van der Waals surface area contributed by atoms with Gasteiger partial charge in [0.05, 0.1) is 11.7 Å². The Bertz CT molecular complexity index is 1340. The van der Waals surface area contributed by atoms with Crippen molar-refractivity contribution in [3.63, 3.8) is 0 Å². The number of aromatic nitrogens is 3. The molecule has 4 heterocycles. The minimum atomic E-state index is -0.0436. The van der Waals surface area contributed by atoms with E-state index in [9.17, 15) is 9.59 Å². The number of likely N-dealkylation sites (tertiary alicyclic amines) is 1.